The van der Waals surface area contributed by atoms with Crippen LogP contribution in [-0.4, -0.2) is 9.55 Å². The SMILES string of the molecule is C=C(C)c1ccc(-n2cc(-c3cccc(C#N)c3)c3cc(C)cnc32)c(C)c1. The van der Waals surface area contributed by atoms with E-state index in [1.165, 1.54) is 0 Å². The summed E-state index contributed by atoms with van der Waals surface area (Å²) < 4.78 is 2.14. The Balaban J connectivity index is 1.99. The normalized spacial score (nSPS) is 10.8. The van der Waals surface area contributed by atoms with Crippen LogP contribution in [0.25, 0.3) is 33.4 Å². The first-order valence-corrected chi connectivity index (χ1v) is 9.23. The molecule has 4 rings (SSSR count). The molecule has 3 nitrogen and oxygen atoms in total. The minimum absolute atomic E-state index is 0.654. The maximum Gasteiger partial charge on any atom is 0.145 e. The lowest BCUT2D eigenvalue weighted by atomic mass is 10.0. The molecule has 0 N–H and O–H groups in total. The van der Waals surface area contributed by atoms with Crippen molar-refractivity contribution < 1.29 is 0 Å². The molecule has 0 radical (unpaired) electrons. The molecule has 2 aromatic carbocycles. The van der Waals surface area contributed by atoms with Crippen molar-refractivity contribution in [3.05, 3.63) is 89.8 Å². The van der Waals surface area contributed by atoms with Crippen molar-refractivity contribution >= 4 is 16.6 Å². The highest BCUT2D eigenvalue weighted by Gasteiger charge is 2.15. The highest BCUT2D eigenvalue weighted by molar-refractivity contribution is 5.95. The number of aryl methyl sites for hydroxylation is 2. The zero-order valence-corrected chi connectivity index (χ0v) is 16.3. The van der Waals surface area contributed by atoms with Crippen LogP contribution in [0.15, 0.2) is 67.5 Å². The Bertz CT molecular complexity index is 1270. The molecule has 0 aliphatic rings. The second-order valence-corrected chi connectivity index (χ2v) is 7.27. The average molecular weight is 363 g/mol. The lowest BCUT2D eigenvalue weighted by Gasteiger charge is -2.11. The van der Waals surface area contributed by atoms with E-state index in [2.05, 4.69) is 54.6 Å². The standard InChI is InChI=1S/C25H21N3/c1-16(2)20-8-9-24(18(4)11-20)28-15-23(21-7-5-6-19(12-21)13-26)22-10-17(3)14-27-25(22)28/h5-12,14-15H,1H2,2-4H3. The third-order valence-electron chi connectivity index (χ3n) is 5.03. The van der Waals surface area contributed by atoms with Crippen molar-refractivity contribution in [2.75, 3.05) is 0 Å². The number of hydrogen-bond donors (Lipinski definition) is 0. The zero-order chi connectivity index (χ0) is 19.8. The molecule has 0 saturated carbocycles. The lowest BCUT2D eigenvalue weighted by molar-refractivity contribution is 1.07. The summed E-state index contributed by atoms with van der Waals surface area (Å²) >= 11 is 0. The number of pyridine rings is 1. The molecular formula is C25H21N3. The summed E-state index contributed by atoms with van der Waals surface area (Å²) in [5.41, 5.74) is 9.22. The van der Waals surface area contributed by atoms with Gasteiger partial charge in [-0.05, 0) is 73.4 Å². The van der Waals surface area contributed by atoms with Gasteiger partial charge in [0.05, 0.1) is 11.6 Å². The summed E-state index contributed by atoms with van der Waals surface area (Å²) in [5, 5.41) is 10.4. The van der Waals surface area contributed by atoms with Gasteiger partial charge in [-0.1, -0.05) is 30.4 Å². The molecule has 0 saturated heterocycles. The molecule has 28 heavy (non-hydrogen) atoms. The Morgan fingerprint density at radius 1 is 1.11 bits per heavy atom. The number of nitriles is 1. The number of nitrogens with zero attached hydrogens (tertiary/aromatic N) is 3. The molecule has 0 fully saturated rings. The maximum atomic E-state index is 9.28. The van der Waals surface area contributed by atoms with E-state index >= 15 is 0 Å². The Morgan fingerprint density at radius 2 is 1.93 bits per heavy atom. The number of fused-ring (bicyclic) bond motifs is 1. The predicted molar refractivity (Wildman–Crippen MR) is 115 cm³/mol. The zero-order valence-electron chi connectivity index (χ0n) is 16.3. The molecule has 0 atom stereocenters. The topological polar surface area (TPSA) is 41.6 Å². The Labute approximate surface area is 165 Å². The predicted octanol–water partition coefficient (Wildman–Crippen LogP) is 6.21. The first kappa shape index (κ1) is 17.8. The molecule has 0 aliphatic carbocycles. The van der Waals surface area contributed by atoms with Crippen molar-refractivity contribution in [2.45, 2.75) is 20.8 Å². The van der Waals surface area contributed by atoms with Crippen LogP contribution in [0, 0.1) is 25.2 Å². The van der Waals surface area contributed by atoms with Crippen LogP contribution < -0.4 is 0 Å². The molecule has 2 heterocycles. The van der Waals surface area contributed by atoms with Crippen LogP contribution in [0.1, 0.15) is 29.2 Å². The van der Waals surface area contributed by atoms with E-state index in [0.29, 0.717) is 5.56 Å². The molecule has 3 heteroatoms. The molecule has 136 valence electrons. The minimum Gasteiger partial charge on any atom is -0.300 e. The molecular weight excluding hydrogens is 342 g/mol. The van der Waals surface area contributed by atoms with Crippen molar-refractivity contribution in [3.63, 3.8) is 0 Å². The Hall–Kier alpha value is -3.64. The highest BCUT2D eigenvalue weighted by atomic mass is 15.0. The molecule has 0 spiro atoms. The van der Waals surface area contributed by atoms with E-state index in [-0.39, 0.29) is 0 Å². The molecule has 0 amide bonds. The summed E-state index contributed by atoms with van der Waals surface area (Å²) in [6.07, 6.45) is 4.02. The van der Waals surface area contributed by atoms with Gasteiger partial charge in [0.1, 0.15) is 5.65 Å². The number of aromatic nitrogens is 2. The summed E-state index contributed by atoms with van der Waals surface area (Å²) in [7, 11) is 0. The van der Waals surface area contributed by atoms with Gasteiger partial charge in [-0.3, -0.25) is 0 Å². The van der Waals surface area contributed by atoms with Crippen LogP contribution in [-0.2, 0) is 0 Å². The molecule has 4 aromatic rings. The van der Waals surface area contributed by atoms with E-state index in [1.54, 1.807) is 0 Å². The van der Waals surface area contributed by atoms with E-state index in [1.807, 2.05) is 44.3 Å². The molecule has 0 unspecified atom stereocenters. The number of rotatable bonds is 3. The molecule has 0 aliphatic heterocycles. The first-order chi connectivity index (χ1) is 13.5. The van der Waals surface area contributed by atoms with Gasteiger partial charge < -0.3 is 4.57 Å². The molecule has 2 aromatic heterocycles. The number of hydrogen-bond acceptors (Lipinski definition) is 2. The lowest BCUT2D eigenvalue weighted by Crippen LogP contribution is -1.97. The van der Waals surface area contributed by atoms with Gasteiger partial charge in [0.2, 0.25) is 0 Å². The minimum atomic E-state index is 0.654. The van der Waals surface area contributed by atoms with E-state index in [9.17, 15) is 5.26 Å². The number of benzene rings is 2. The van der Waals surface area contributed by atoms with Crippen molar-refractivity contribution in [2.24, 2.45) is 0 Å². The monoisotopic (exact) mass is 363 g/mol. The van der Waals surface area contributed by atoms with Gasteiger partial charge in [-0.2, -0.15) is 5.26 Å². The molecule has 0 bridgehead atoms. The third kappa shape index (κ3) is 3.00. The highest BCUT2D eigenvalue weighted by Crippen LogP contribution is 2.33. The Morgan fingerprint density at radius 3 is 2.64 bits per heavy atom. The van der Waals surface area contributed by atoms with Gasteiger partial charge >= 0.3 is 0 Å². The smallest absolute Gasteiger partial charge is 0.145 e. The van der Waals surface area contributed by atoms with E-state index < -0.39 is 0 Å². The van der Waals surface area contributed by atoms with Gasteiger partial charge in [0.25, 0.3) is 0 Å². The first-order valence-electron chi connectivity index (χ1n) is 9.23. The quantitative estimate of drug-likeness (QED) is 0.434. The summed E-state index contributed by atoms with van der Waals surface area (Å²) in [5.74, 6) is 0. The van der Waals surface area contributed by atoms with Gasteiger partial charge in [0.15, 0.2) is 0 Å². The fourth-order valence-corrected chi connectivity index (χ4v) is 3.57. The fraction of sp³-hybridized carbons (Fsp3) is 0.120. The van der Waals surface area contributed by atoms with Crippen molar-refractivity contribution in [1.29, 1.82) is 5.26 Å². The summed E-state index contributed by atoms with van der Waals surface area (Å²) in [4.78, 5) is 4.72. The van der Waals surface area contributed by atoms with Crippen LogP contribution in [0.4, 0.5) is 0 Å². The fourth-order valence-electron chi connectivity index (χ4n) is 3.57. The average Bonchev–Trinajstić information content (AvgIpc) is 3.06. The number of allylic oxidation sites excluding steroid dienone is 1. The summed E-state index contributed by atoms with van der Waals surface area (Å²) in [6, 6.07) is 18.5. The van der Waals surface area contributed by atoms with Crippen molar-refractivity contribution in [3.8, 4) is 22.9 Å². The third-order valence-corrected chi connectivity index (χ3v) is 5.03. The Kier molecular flexibility index (Phi) is 4.33. The van der Waals surface area contributed by atoms with Crippen LogP contribution in [0.3, 0.4) is 0 Å². The van der Waals surface area contributed by atoms with Crippen molar-refractivity contribution in [1.82, 2.24) is 9.55 Å². The van der Waals surface area contributed by atoms with Gasteiger partial charge in [-0.15, -0.1) is 0 Å². The summed E-state index contributed by atoms with van der Waals surface area (Å²) in [6.45, 7) is 10.2. The second-order valence-electron chi connectivity index (χ2n) is 7.27. The second kappa shape index (κ2) is 6.83. The largest absolute Gasteiger partial charge is 0.300 e. The van der Waals surface area contributed by atoms with Gasteiger partial charge in [0, 0.05) is 29.0 Å². The van der Waals surface area contributed by atoms with E-state index in [0.717, 1.165) is 50.1 Å². The van der Waals surface area contributed by atoms with E-state index in [4.69, 9.17) is 4.98 Å². The van der Waals surface area contributed by atoms with Gasteiger partial charge in [-0.25, -0.2) is 4.98 Å². The van der Waals surface area contributed by atoms with Crippen LogP contribution in [0.5, 0.6) is 0 Å². The van der Waals surface area contributed by atoms with Crippen LogP contribution in [0.2, 0.25) is 0 Å². The maximum absolute atomic E-state index is 9.28. The van der Waals surface area contributed by atoms with Crippen LogP contribution >= 0.6 is 0 Å².